The molecule has 0 fully saturated rings. The van der Waals surface area contributed by atoms with Crippen molar-refractivity contribution in [1.82, 2.24) is 10.2 Å². The van der Waals surface area contributed by atoms with Crippen molar-refractivity contribution in [1.29, 1.82) is 0 Å². The molecule has 3 nitrogen and oxygen atoms in total. The molecular formula is C10H22N2O. The van der Waals surface area contributed by atoms with Crippen molar-refractivity contribution in [2.24, 2.45) is 0 Å². The van der Waals surface area contributed by atoms with Crippen LogP contribution >= 0.6 is 0 Å². The third-order valence-corrected chi connectivity index (χ3v) is 1.71. The maximum Gasteiger partial charge on any atom is 0.182 e. The first-order valence-electron chi connectivity index (χ1n) is 4.83. The fraction of sp³-hybridized carbons (Fsp3) is 0.800. The molecule has 0 saturated carbocycles. The van der Waals surface area contributed by atoms with Crippen molar-refractivity contribution in [3.05, 3.63) is 12.0 Å². The molecule has 0 spiro atoms. The third-order valence-electron chi connectivity index (χ3n) is 1.71. The lowest BCUT2D eigenvalue weighted by Crippen LogP contribution is -2.14. The zero-order valence-electron chi connectivity index (χ0n) is 9.26. The molecule has 0 amide bonds. The van der Waals surface area contributed by atoms with Gasteiger partial charge in [-0.3, -0.25) is 0 Å². The van der Waals surface area contributed by atoms with E-state index >= 15 is 0 Å². The quantitative estimate of drug-likeness (QED) is 0.481. The summed E-state index contributed by atoms with van der Waals surface area (Å²) >= 11 is 0. The molecule has 0 bridgehead atoms. The minimum absolute atomic E-state index is 0.890. The van der Waals surface area contributed by atoms with Crippen LogP contribution in [0, 0.1) is 0 Å². The lowest BCUT2D eigenvalue weighted by Gasteiger charge is -2.09. The van der Waals surface area contributed by atoms with Crippen LogP contribution in [0.4, 0.5) is 0 Å². The van der Waals surface area contributed by atoms with Gasteiger partial charge in [-0.1, -0.05) is 0 Å². The van der Waals surface area contributed by atoms with E-state index in [1.54, 1.807) is 7.11 Å². The molecule has 0 aliphatic carbocycles. The molecule has 0 atom stereocenters. The van der Waals surface area contributed by atoms with Crippen LogP contribution in [-0.4, -0.2) is 39.2 Å². The number of hydrogen-bond donors (Lipinski definition) is 1. The molecule has 0 radical (unpaired) electrons. The molecule has 0 heterocycles. The summed E-state index contributed by atoms with van der Waals surface area (Å²) in [6.45, 7) is 4.10. The van der Waals surface area contributed by atoms with E-state index in [2.05, 4.69) is 37.3 Å². The molecule has 78 valence electrons. The molecule has 13 heavy (non-hydrogen) atoms. The minimum atomic E-state index is 0.890. The third kappa shape index (κ3) is 7.65. The van der Waals surface area contributed by atoms with Gasteiger partial charge in [0, 0.05) is 6.54 Å². The lowest BCUT2D eigenvalue weighted by molar-refractivity contribution is 0.261. The van der Waals surface area contributed by atoms with E-state index in [9.17, 15) is 0 Å². The van der Waals surface area contributed by atoms with Gasteiger partial charge in [-0.15, -0.1) is 0 Å². The normalized spacial score (nSPS) is 11.9. The standard InChI is InChI=1S/C10H22N2O/c1-5-11-10(13-4)8-6-7-9-12(2)3/h8,11H,5-7,9H2,1-4H3/b10-8-. The Morgan fingerprint density at radius 2 is 2.15 bits per heavy atom. The van der Waals surface area contributed by atoms with Crippen LogP contribution in [0.25, 0.3) is 0 Å². The van der Waals surface area contributed by atoms with Gasteiger partial charge in [0.05, 0.1) is 7.11 Å². The molecule has 1 N–H and O–H groups in total. The highest BCUT2D eigenvalue weighted by molar-refractivity contribution is 4.89. The maximum absolute atomic E-state index is 5.13. The summed E-state index contributed by atoms with van der Waals surface area (Å²) in [5.74, 6) is 0.890. The Balaban J connectivity index is 3.54. The Morgan fingerprint density at radius 1 is 1.46 bits per heavy atom. The van der Waals surface area contributed by atoms with Crippen LogP contribution in [0.3, 0.4) is 0 Å². The predicted octanol–water partition coefficient (Wildman–Crippen LogP) is 1.43. The molecule has 0 aromatic carbocycles. The number of nitrogens with one attached hydrogen (secondary N) is 1. The van der Waals surface area contributed by atoms with E-state index in [4.69, 9.17) is 4.74 Å². The predicted molar refractivity (Wildman–Crippen MR) is 56.6 cm³/mol. The number of methoxy groups -OCH3 is 1. The molecule has 0 aromatic heterocycles. The smallest absolute Gasteiger partial charge is 0.182 e. The van der Waals surface area contributed by atoms with E-state index in [0.717, 1.165) is 25.4 Å². The minimum Gasteiger partial charge on any atom is -0.483 e. The lowest BCUT2D eigenvalue weighted by atomic mass is 10.3. The van der Waals surface area contributed by atoms with E-state index in [1.165, 1.54) is 6.42 Å². The number of ether oxygens (including phenoxy) is 1. The first kappa shape index (κ1) is 12.3. The van der Waals surface area contributed by atoms with E-state index in [-0.39, 0.29) is 0 Å². The van der Waals surface area contributed by atoms with Gasteiger partial charge in [-0.2, -0.15) is 0 Å². The molecule has 0 aliphatic heterocycles. The van der Waals surface area contributed by atoms with Crippen LogP contribution in [0.15, 0.2) is 12.0 Å². The second kappa shape index (κ2) is 7.92. The van der Waals surface area contributed by atoms with Gasteiger partial charge in [0.15, 0.2) is 5.88 Å². The van der Waals surface area contributed by atoms with Crippen molar-refractivity contribution < 1.29 is 4.74 Å². The first-order chi connectivity index (χ1) is 6.20. The van der Waals surface area contributed by atoms with Crippen molar-refractivity contribution in [3.63, 3.8) is 0 Å². The Hall–Kier alpha value is -0.700. The Labute approximate surface area is 81.8 Å². The summed E-state index contributed by atoms with van der Waals surface area (Å²) in [6.07, 6.45) is 4.34. The number of hydrogen-bond acceptors (Lipinski definition) is 3. The fourth-order valence-electron chi connectivity index (χ4n) is 1.04. The summed E-state index contributed by atoms with van der Waals surface area (Å²) in [6, 6.07) is 0. The largest absolute Gasteiger partial charge is 0.483 e. The highest BCUT2D eigenvalue weighted by atomic mass is 16.5. The van der Waals surface area contributed by atoms with Crippen LogP contribution in [0.1, 0.15) is 19.8 Å². The van der Waals surface area contributed by atoms with E-state index in [0.29, 0.717) is 0 Å². The summed E-state index contributed by atoms with van der Waals surface area (Å²) in [7, 11) is 5.87. The zero-order valence-corrected chi connectivity index (χ0v) is 9.26. The van der Waals surface area contributed by atoms with Crippen molar-refractivity contribution in [2.45, 2.75) is 19.8 Å². The maximum atomic E-state index is 5.13. The topological polar surface area (TPSA) is 24.5 Å². The monoisotopic (exact) mass is 186 g/mol. The van der Waals surface area contributed by atoms with Gasteiger partial charge >= 0.3 is 0 Å². The molecule has 0 rings (SSSR count). The van der Waals surface area contributed by atoms with Gasteiger partial charge < -0.3 is 15.0 Å². The Morgan fingerprint density at radius 3 is 2.62 bits per heavy atom. The van der Waals surface area contributed by atoms with Crippen LogP contribution in [0.5, 0.6) is 0 Å². The summed E-state index contributed by atoms with van der Waals surface area (Å²) in [4.78, 5) is 2.19. The number of unbranched alkanes of at least 4 members (excludes halogenated alkanes) is 1. The number of nitrogens with zero attached hydrogens (tertiary/aromatic N) is 1. The summed E-state index contributed by atoms with van der Waals surface area (Å²) in [5.41, 5.74) is 0. The van der Waals surface area contributed by atoms with Gasteiger partial charge in [-0.25, -0.2) is 0 Å². The SMILES string of the molecule is CCN/C(=C/CCCN(C)C)OC. The second-order valence-corrected chi connectivity index (χ2v) is 3.25. The van der Waals surface area contributed by atoms with Crippen molar-refractivity contribution >= 4 is 0 Å². The van der Waals surface area contributed by atoms with Gasteiger partial charge in [-0.05, 0) is 46.5 Å². The number of rotatable bonds is 7. The summed E-state index contributed by atoms with van der Waals surface area (Å²) < 4.78 is 5.13. The first-order valence-corrected chi connectivity index (χ1v) is 4.83. The molecule has 0 aromatic rings. The van der Waals surface area contributed by atoms with Crippen molar-refractivity contribution in [2.75, 3.05) is 34.3 Å². The average molecular weight is 186 g/mol. The second-order valence-electron chi connectivity index (χ2n) is 3.25. The summed E-state index contributed by atoms with van der Waals surface area (Å²) in [5, 5.41) is 3.15. The molecule has 3 heteroatoms. The van der Waals surface area contributed by atoms with Crippen LogP contribution in [0.2, 0.25) is 0 Å². The van der Waals surface area contributed by atoms with Crippen LogP contribution in [-0.2, 0) is 4.74 Å². The van der Waals surface area contributed by atoms with Gasteiger partial charge in [0.2, 0.25) is 0 Å². The fourth-order valence-corrected chi connectivity index (χ4v) is 1.04. The van der Waals surface area contributed by atoms with E-state index < -0.39 is 0 Å². The van der Waals surface area contributed by atoms with E-state index in [1.807, 2.05) is 0 Å². The number of allylic oxidation sites excluding steroid dienone is 1. The molecular weight excluding hydrogens is 164 g/mol. The molecule has 0 unspecified atom stereocenters. The zero-order chi connectivity index (χ0) is 10.1. The average Bonchev–Trinajstić information content (AvgIpc) is 2.10. The molecule has 0 aliphatic rings. The highest BCUT2D eigenvalue weighted by Gasteiger charge is 1.92. The van der Waals surface area contributed by atoms with Gasteiger partial charge in [0.1, 0.15) is 0 Å². The molecule has 0 saturated heterocycles. The van der Waals surface area contributed by atoms with Crippen molar-refractivity contribution in [3.8, 4) is 0 Å². The Bertz CT molecular complexity index is 144. The van der Waals surface area contributed by atoms with Crippen LogP contribution < -0.4 is 5.32 Å². The van der Waals surface area contributed by atoms with Gasteiger partial charge in [0.25, 0.3) is 0 Å². The Kier molecular flexibility index (Phi) is 7.50. The highest BCUT2D eigenvalue weighted by Crippen LogP contribution is 1.97.